The Balaban J connectivity index is 2.01. The molecule has 0 radical (unpaired) electrons. The fraction of sp³-hybridized carbons (Fsp3) is 0.455. The highest BCUT2D eigenvalue weighted by atomic mass is 16.6. The third-order valence-electron chi connectivity index (χ3n) is 6.39. The molecule has 2 aromatic rings. The minimum Gasteiger partial charge on any atom is -0.467 e. The van der Waals surface area contributed by atoms with Crippen LogP contribution in [0.4, 0.5) is 14.4 Å². The number of hydrogen-bond acceptors (Lipinski definition) is 10. The van der Waals surface area contributed by atoms with Gasteiger partial charge in [-0.15, -0.1) is 0 Å². The van der Waals surface area contributed by atoms with E-state index in [-0.39, 0.29) is 39.4 Å². The van der Waals surface area contributed by atoms with E-state index in [1.165, 1.54) is 11.8 Å². The van der Waals surface area contributed by atoms with E-state index in [0.29, 0.717) is 0 Å². The molecule has 0 heterocycles. The van der Waals surface area contributed by atoms with Crippen LogP contribution in [0, 0.1) is 0 Å². The van der Waals surface area contributed by atoms with Crippen molar-refractivity contribution in [3.8, 4) is 0 Å². The van der Waals surface area contributed by atoms with Crippen molar-refractivity contribution in [2.75, 3.05) is 33.3 Å². The summed E-state index contributed by atoms with van der Waals surface area (Å²) in [5, 5.41) is 9.92. The summed E-state index contributed by atoms with van der Waals surface area (Å²) in [7, 11) is 1.10. The van der Waals surface area contributed by atoms with Crippen molar-refractivity contribution < 1.29 is 47.7 Å². The van der Waals surface area contributed by atoms with Gasteiger partial charge in [0.05, 0.1) is 13.5 Å². The number of alkyl carbamates (subject to hydrolysis) is 3. The van der Waals surface area contributed by atoms with Crippen molar-refractivity contribution in [2.45, 2.75) is 65.0 Å². The molecule has 0 aliphatic carbocycles. The molecule has 5 amide bonds. The van der Waals surface area contributed by atoms with Crippen molar-refractivity contribution in [1.82, 2.24) is 26.2 Å². The highest BCUT2D eigenvalue weighted by Crippen LogP contribution is 2.08. The number of rotatable bonds is 16. The number of amides is 5. The zero-order chi connectivity index (χ0) is 35.5. The Hall–Kier alpha value is -5.34. The molecule has 4 N–H and O–H groups in total. The molecule has 0 saturated carbocycles. The topological polar surface area (TPSA) is 191 Å². The van der Waals surface area contributed by atoms with Crippen LogP contribution in [-0.4, -0.2) is 91.9 Å². The van der Waals surface area contributed by atoms with Crippen molar-refractivity contribution in [1.29, 1.82) is 0 Å². The molecular formula is C33H45N5O10. The molecule has 0 saturated heterocycles. The Bertz CT molecular complexity index is 1290. The van der Waals surface area contributed by atoms with Crippen LogP contribution >= 0.6 is 0 Å². The van der Waals surface area contributed by atoms with Crippen molar-refractivity contribution >= 4 is 36.1 Å². The molecule has 0 spiro atoms. The number of ether oxygens (including phenoxy) is 4. The van der Waals surface area contributed by atoms with Crippen LogP contribution in [0.2, 0.25) is 0 Å². The number of carbonyl (C=O) groups excluding carboxylic acids is 6. The van der Waals surface area contributed by atoms with Crippen molar-refractivity contribution in [3.63, 3.8) is 0 Å². The molecule has 0 unspecified atom stereocenters. The number of nitrogens with one attached hydrogen (secondary N) is 4. The third kappa shape index (κ3) is 15.8. The summed E-state index contributed by atoms with van der Waals surface area (Å²) >= 11 is 0. The smallest absolute Gasteiger partial charge is 0.408 e. The number of esters is 1. The number of carbonyl (C=O) groups is 6. The fourth-order valence-corrected chi connectivity index (χ4v) is 3.98. The lowest BCUT2D eigenvalue weighted by Gasteiger charge is -2.26. The second kappa shape index (κ2) is 20.0. The van der Waals surface area contributed by atoms with Crippen LogP contribution in [-0.2, 0) is 46.5 Å². The average molecular weight is 672 g/mol. The third-order valence-corrected chi connectivity index (χ3v) is 6.39. The molecule has 0 aliphatic rings. The van der Waals surface area contributed by atoms with Crippen LogP contribution in [0.25, 0.3) is 0 Å². The zero-order valence-electron chi connectivity index (χ0n) is 27.9. The van der Waals surface area contributed by atoms with Crippen LogP contribution in [0.1, 0.15) is 45.2 Å². The maximum absolute atomic E-state index is 13.4. The van der Waals surface area contributed by atoms with E-state index in [9.17, 15) is 28.8 Å². The van der Waals surface area contributed by atoms with Gasteiger partial charge in [0, 0.05) is 26.2 Å². The van der Waals surface area contributed by atoms with E-state index in [4.69, 9.17) is 18.9 Å². The van der Waals surface area contributed by atoms with E-state index < -0.39 is 60.2 Å². The lowest BCUT2D eigenvalue weighted by atomic mass is 10.1. The molecule has 2 atom stereocenters. The van der Waals surface area contributed by atoms with Gasteiger partial charge in [-0.25, -0.2) is 19.2 Å². The molecule has 15 heteroatoms. The first-order valence-corrected chi connectivity index (χ1v) is 15.3. The number of hydrogen-bond donors (Lipinski definition) is 4. The highest BCUT2D eigenvalue weighted by Gasteiger charge is 2.30. The molecule has 0 fully saturated rings. The summed E-state index contributed by atoms with van der Waals surface area (Å²) in [6.07, 6.45) is -2.78. The van der Waals surface area contributed by atoms with E-state index in [1.54, 1.807) is 45.0 Å². The second-order valence-electron chi connectivity index (χ2n) is 11.5. The van der Waals surface area contributed by atoms with Crippen molar-refractivity contribution in [2.24, 2.45) is 0 Å². The molecule has 262 valence electrons. The Morgan fingerprint density at radius 3 is 1.65 bits per heavy atom. The molecule has 0 aromatic heterocycles. The first-order chi connectivity index (χ1) is 22.8. The van der Waals surface area contributed by atoms with Crippen molar-refractivity contribution in [3.05, 3.63) is 71.8 Å². The molecule has 15 nitrogen and oxygen atoms in total. The minimum atomic E-state index is -1.41. The highest BCUT2D eigenvalue weighted by molar-refractivity contribution is 5.92. The number of methoxy groups -OCH3 is 1. The fourth-order valence-electron chi connectivity index (χ4n) is 3.98. The number of benzene rings is 2. The molecule has 0 bridgehead atoms. The van der Waals surface area contributed by atoms with E-state index in [2.05, 4.69) is 21.3 Å². The minimum absolute atomic E-state index is 0.0239. The van der Waals surface area contributed by atoms with Gasteiger partial charge in [0.1, 0.15) is 30.9 Å². The Kier molecular flexibility index (Phi) is 16.2. The molecule has 48 heavy (non-hydrogen) atoms. The zero-order valence-corrected chi connectivity index (χ0v) is 27.9. The van der Waals surface area contributed by atoms with Crippen LogP contribution < -0.4 is 21.3 Å². The lowest BCUT2D eigenvalue weighted by Crippen LogP contribution is -2.53. The Morgan fingerprint density at radius 2 is 1.21 bits per heavy atom. The summed E-state index contributed by atoms with van der Waals surface area (Å²) in [5.41, 5.74) is 0.786. The Morgan fingerprint density at radius 1 is 0.729 bits per heavy atom. The van der Waals surface area contributed by atoms with Gasteiger partial charge < -0.3 is 45.1 Å². The maximum atomic E-state index is 13.4. The van der Waals surface area contributed by atoms with Gasteiger partial charge in [0.2, 0.25) is 11.8 Å². The standard InChI is InChI=1S/C33H45N5O10/c1-23(36-32(44)48-33(2,3)4)28(40)37-26(29(41)45-5)20-27(39)38(18-16-34-30(42)46-21-24-12-8-6-9-13-24)19-17-35-31(43)47-22-25-14-10-7-11-15-25/h6-15,23,26H,16-22H2,1-5H3,(H,34,42)(H,35,43)(H,36,44)(H,37,40)/t23-,26+/m1/s1. The summed E-state index contributed by atoms with van der Waals surface area (Å²) in [5.74, 6) is -2.26. The van der Waals surface area contributed by atoms with Gasteiger partial charge in [-0.1, -0.05) is 60.7 Å². The quantitative estimate of drug-likeness (QED) is 0.152. The van der Waals surface area contributed by atoms with Crippen LogP contribution in [0.3, 0.4) is 0 Å². The molecule has 2 rings (SSSR count). The summed E-state index contributed by atoms with van der Waals surface area (Å²) in [6, 6.07) is 15.6. The predicted molar refractivity (Wildman–Crippen MR) is 173 cm³/mol. The lowest BCUT2D eigenvalue weighted by molar-refractivity contribution is -0.148. The van der Waals surface area contributed by atoms with Gasteiger partial charge in [-0.05, 0) is 38.8 Å². The summed E-state index contributed by atoms with van der Waals surface area (Å²) in [4.78, 5) is 76.7. The Labute approximate surface area is 280 Å². The molecular weight excluding hydrogens is 626 g/mol. The molecule has 2 aromatic carbocycles. The normalized spacial score (nSPS) is 11.9. The number of nitrogens with zero attached hydrogens (tertiary/aromatic N) is 1. The average Bonchev–Trinajstić information content (AvgIpc) is 3.04. The summed E-state index contributed by atoms with van der Waals surface area (Å²) in [6.45, 7) is 6.35. The van der Waals surface area contributed by atoms with Gasteiger partial charge >= 0.3 is 24.2 Å². The monoisotopic (exact) mass is 671 g/mol. The summed E-state index contributed by atoms with van der Waals surface area (Å²) < 4.78 is 20.3. The first kappa shape index (κ1) is 38.8. The largest absolute Gasteiger partial charge is 0.467 e. The van der Waals surface area contributed by atoms with E-state index >= 15 is 0 Å². The van der Waals surface area contributed by atoms with Gasteiger partial charge in [-0.2, -0.15) is 0 Å². The van der Waals surface area contributed by atoms with E-state index in [1.807, 2.05) is 36.4 Å². The van der Waals surface area contributed by atoms with Crippen LogP contribution in [0.15, 0.2) is 60.7 Å². The van der Waals surface area contributed by atoms with Gasteiger partial charge in [-0.3, -0.25) is 9.59 Å². The second-order valence-corrected chi connectivity index (χ2v) is 11.5. The van der Waals surface area contributed by atoms with Gasteiger partial charge in [0.25, 0.3) is 0 Å². The van der Waals surface area contributed by atoms with E-state index in [0.717, 1.165) is 18.2 Å². The first-order valence-electron chi connectivity index (χ1n) is 15.3. The van der Waals surface area contributed by atoms with Gasteiger partial charge in [0.15, 0.2) is 0 Å². The molecule has 0 aliphatic heterocycles. The predicted octanol–water partition coefficient (Wildman–Crippen LogP) is 2.63. The SMILES string of the molecule is COC(=O)[C@H](CC(=O)N(CCNC(=O)OCc1ccccc1)CCNC(=O)OCc1ccccc1)NC(=O)[C@@H](C)NC(=O)OC(C)(C)C. The maximum Gasteiger partial charge on any atom is 0.408 e. The van der Waals surface area contributed by atoms with Crippen LogP contribution in [0.5, 0.6) is 0 Å².